The van der Waals surface area contributed by atoms with Gasteiger partial charge in [0.1, 0.15) is 5.75 Å². The molecule has 0 bridgehead atoms. The van der Waals surface area contributed by atoms with Crippen LogP contribution in [0.2, 0.25) is 25.7 Å². The molecule has 0 radical (unpaired) electrons. The average molecular weight is 407 g/mol. The van der Waals surface area contributed by atoms with Crippen molar-refractivity contribution >= 4 is 27.0 Å². The van der Waals surface area contributed by atoms with Crippen LogP contribution in [0.5, 0.6) is 5.75 Å². The van der Waals surface area contributed by atoms with Gasteiger partial charge in [0.15, 0.2) is 8.32 Å². The molecule has 0 aliphatic heterocycles. The van der Waals surface area contributed by atoms with E-state index in [9.17, 15) is 5.11 Å². The van der Waals surface area contributed by atoms with Gasteiger partial charge in [0.05, 0.1) is 0 Å². The molecule has 0 amide bonds. The SMILES string of the molecule is C[Si](C)(C)O[Si](CCCc1ccccc1O)(c1ccccc1)c1ccccc1. The lowest BCUT2D eigenvalue weighted by Crippen LogP contribution is -2.64. The predicted molar refractivity (Wildman–Crippen MR) is 124 cm³/mol. The van der Waals surface area contributed by atoms with Crippen LogP contribution in [0.15, 0.2) is 84.9 Å². The number of phenolic OH excluding ortho intramolecular Hbond substituents is 1. The molecule has 2 nitrogen and oxygen atoms in total. The van der Waals surface area contributed by atoms with Crippen LogP contribution in [0, 0.1) is 0 Å². The highest BCUT2D eigenvalue weighted by molar-refractivity contribution is 7.02. The minimum Gasteiger partial charge on any atom is -0.508 e. The molecule has 3 aromatic carbocycles. The maximum absolute atomic E-state index is 10.1. The van der Waals surface area contributed by atoms with E-state index in [1.165, 1.54) is 10.4 Å². The molecule has 0 atom stereocenters. The van der Waals surface area contributed by atoms with E-state index in [0.29, 0.717) is 5.75 Å². The van der Waals surface area contributed by atoms with E-state index >= 15 is 0 Å². The lowest BCUT2D eigenvalue weighted by molar-refractivity contribution is 0.467. The third-order valence-corrected chi connectivity index (χ3v) is 12.4. The zero-order chi connectivity index (χ0) is 20.0. The fraction of sp³-hybridized carbons (Fsp3) is 0.250. The number of aromatic hydroxyl groups is 1. The molecule has 0 heterocycles. The molecule has 146 valence electrons. The van der Waals surface area contributed by atoms with Crippen molar-refractivity contribution in [3.8, 4) is 5.75 Å². The Morgan fingerprint density at radius 3 is 1.71 bits per heavy atom. The molecule has 0 aliphatic rings. The Balaban J connectivity index is 1.98. The van der Waals surface area contributed by atoms with Crippen LogP contribution >= 0.6 is 0 Å². The van der Waals surface area contributed by atoms with Crippen LogP contribution in [-0.2, 0) is 10.5 Å². The van der Waals surface area contributed by atoms with Crippen molar-refractivity contribution in [2.75, 3.05) is 0 Å². The summed E-state index contributed by atoms with van der Waals surface area (Å²) in [4.78, 5) is 0. The summed E-state index contributed by atoms with van der Waals surface area (Å²) in [7, 11) is -4.16. The van der Waals surface area contributed by atoms with Gasteiger partial charge in [-0.05, 0) is 60.5 Å². The Labute approximate surface area is 171 Å². The Morgan fingerprint density at radius 2 is 1.21 bits per heavy atom. The zero-order valence-corrected chi connectivity index (χ0v) is 19.1. The second kappa shape index (κ2) is 8.90. The summed E-state index contributed by atoms with van der Waals surface area (Å²) in [5, 5.41) is 12.8. The fourth-order valence-corrected chi connectivity index (χ4v) is 12.4. The summed E-state index contributed by atoms with van der Waals surface area (Å²) in [6.07, 6.45) is 1.84. The first-order valence-corrected chi connectivity index (χ1v) is 15.5. The van der Waals surface area contributed by atoms with Gasteiger partial charge in [-0.25, -0.2) is 0 Å². The highest BCUT2D eigenvalue weighted by atomic mass is 28.4. The van der Waals surface area contributed by atoms with Gasteiger partial charge in [0.25, 0.3) is 0 Å². The van der Waals surface area contributed by atoms with E-state index < -0.39 is 16.6 Å². The van der Waals surface area contributed by atoms with Gasteiger partial charge in [-0.2, -0.15) is 0 Å². The number of hydrogen-bond acceptors (Lipinski definition) is 2. The van der Waals surface area contributed by atoms with Gasteiger partial charge in [0.2, 0.25) is 8.32 Å². The first kappa shape index (κ1) is 20.6. The molecule has 0 fully saturated rings. The van der Waals surface area contributed by atoms with Gasteiger partial charge in [-0.3, -0.25) is 0 Å². The van der Waals surface area contributed by atoms with Crippen molar-refractivity contribution in [1.82, 2.24) is 0 Å². The maximum atomic E-state index is 10.1. The summed E-state index contributed by atoms with van der Waals surface area (Å²) in [5.74, 6) is 0.389. The highest BCUT2D eigenvalue weighted by Crippen LogP contribution is 2.24. The second-order valence-corrected chi connectivity index (χ2v) is 16.6. The van der Waals surface area contributed by atoms with Crippen molar-refractivity contribution in [1.29, 1.82) is 0 Å². The quantitative estimate of drug-likeness (QED) is 0.537. The van der Waals surface area contributed by atoms with Gasteiger partial charge in [0, 0.05) is 0 Å². The molecule has 3 aromatic rings. The van der Waals surface area contributed by atoms with Crippen LogP contribution < -0.4 is 10.4 Å². The summed E-state index contributed by atoms with van der Waals surface area (Å²) in [6.45, 7) is 6.84. The average Bonchev–Trinajstić information content (AvgIpc) is 2.69. The lowest BCUT2D eigenvalue weighted by Gasteiger charge is -2.38. The predicted octanol–water partition coefficient (Wildman–Crippen LogP) is 4.94. The van der Waals surface area contributed by atoms with E-state index in [-0.39, 0.29) is 0 Å². The van der Waals surface area contributed by atoms with Crippen molar-refractivity contribution in [3.05, 3.63) is 90.5 Å². The molecule has 0 aliphatic carbocycles. The van der Waals surface area contributed by atoms with Crippen LogP contribution in [-0.4, -0.2) is 21.7 Å². The van der Waals surface area contributed by atoms with Gasteiger partial charge in [-0.15, -0.1) is 0 Å². The topological polar surface area (TPSA) is 29.5 Å². The van der Waals surface area contributed by atoms with E-state index in [1.807, 2.05) is 18.2 Å². The third kappa shape index (κ3) is 5.01. The molecule has 0 unspecified atom stereocenters. The first-order chi connectivity index (χ1) is 13.4. The molecule has 4 heteroatoms. The Bertz CT molecular complexity index is 834. The summed E-state index contributed by atoms with van der Waals surface area (Å²) in [6, 6.07) is 30.2. The molecule has 1 N–H and O–H groups in total. The van der Waals surface area contributed by atoms with Crippen LogP contribution in [0.3, 0.4) is 0 Å². The number of benzene rings is 3. The standard InChI is InChI=1S/C24H30O2Si2/c1-27(2,3)26-28(22-15-6-4-7-16-22,23-17-8-5-9-18-23)20-12-14-21-13-10-11-19-24(21)25/h4-11,13,15-19,25H,12,14,20H2,1-3H3. The van der Waals surface area contributed by atoms with Crippen LogP contribution in [0.4, 0.5) is 0 Å². The molecular formula is C24H30O2Si2. The fourth-order valence-electron chi connectivity index (χ4n) is 3.81. The largest absolute Gasteiger partial charge is 0.508 e. The van der Waals surface area contributed by atoms with E-state index in [0.717, 1.165) is 24.4 Å². The number of rotatable bonds is 8. The smallest absolute Gasteiger partial charge is 0.245 e. The molecule has 0 aromatic heterocycles. The Morgan fingerprint density at radius 1 is 0.714 bits per heavy atom. The maximum Gasteiger partial charge on any atom is 0.245 e. The lowest BCUT2D eigenvalue weighted by atomic mass is 10.1. The summed E-state index contributed by atoms with van der Waals surface area (Å²) < 4.78 is 7.08. The number of hydrogen-bond donors (Lipinski definition) is 1. The number of para-hydroxylation sites is 1. The van der Waals surface area contributed by atoms with Crippen molar-refractivity contribution in [2.45, 2.75) is 38.5 Å². The Kier molecular flexibility index (Phi) is 6.55. The minimum absolute atomic E-state index is 0.389. The van der Waals surface area contributed by atoms with E-state index in [4.69, 9.17) is 4.12 Å². The summed E-state index contributed by atoms with van der Waals surface area (Å²) in [5.41, 5.74) is 1.01. The third-order valence-electron chi connectivity index (χ3n) is 4.93. The van der Waals surface area contributed by atoms with Crippen molar-refractivity contribution in [2.24, 2.45) is 0 Å². The first-order valence-electron chi connectivity index (χ1n) is 9.99. The number of aryl methyl sites for hydroxylation is 1. The number of phenols is 1. The molecule has 28 heavy (non-hydrogen) atoms. The van der Waals surface area contributed by atoms with Gasteiger partial charge >= 0.3 is 0 Å². The highest BCUT2D eigenvalue weighted by Gasteiger charge is 2.42. The van der Waals surface area contributed by atoms with E-state index in [2.05, 4.69) is 80.3 Å². The normalized spacial score (nSPS) is 12.1. The van der Waals surface area contributed by atoms with Crippen molar-refractivity contribution < 1.29 is 9.22 Å². The van der Waals surface area contributed by atoms with Crippen LogP contribution in [0.1, 0.15) is 12.0 Å². The van der Waals surface area contributed by atoms with Gasteiger partial charge < -0.3 is 9.22 Å². The van der Waals surface area contributed by atoms with Crippen molar-refractivity contribution in [3.63, 3.8) is 0 Å². The molecule has 0 saturated heterocycles. The Hall–Kier alpha value is -2.15. The van der Waals surface area contributed by atoms with Gasteiger partial charge in [-0.1, -0.05) is 78.9 Å². The summed E-state index contributed by atoms with van der Waals surface area (Å²) >= 11 is 0. The second-order valence-electron chi connectivity index (χ2n) is 8.26. The molecule has 0 saturated carbocycles. The monoisotopic (exact) mass is 406 g/mol. The minimum atomic E-state index is -2.37. The molecule has 3 rings (SSSR count). The van der Waals surface area contributed by atoms with Crippen LogP contribution in [0.25, 0.3) is 0 Å². The zero-order valence-electron chi connectivity index (χ0n) is 17.1. The molecular weight excluding hydrogens is 376 g/mol. The van der Waals surface area contributed by atoms with E-state index in [1.54, 1.807) is 6.07 Å². The molecule has 0 spiro atoms.